The van der Waals surface area contributed by atoms with Crippen LogP contribution in [0.4, 0.5) is 0 Å². The van der Waals surface area contributed by atoms with Gasteiger partial charge in [0, 0.05) is 35.1 Å². The summed E-state index contributed by atoms with van der Waals surface area (Å²) >= 11 is 0. The number of pyridine rings is 1. The van der Waals surface area contributed by atoms with Crippen LogP contribution >= 0.6 is 0 Å². The van der Waals surface area contributed by atoms with Crippen LogP contribution in [0.5, 0.6) is 0 Å². The van der Waals surface area contributed by atoms with E-state index >= 15 is 0 Å². The van der Waals surface area contributed by atoms with Gasteiger partial charge in [0.05, 0.1) is 11.4 Å². The van der Waals surface area contributed by atoms with E-state index in [-0.39, 0.29) is 0 Å². The number of para-hydroxylation sites is 1. The van der Waals surface area contributed by atoms with Gasteiger partial charge in [0.15, 0.2) is 5.82 Å². The predicted octanol–water partition coefficient (Wildman–Crippen LogP) is 3.69. The lowest BCUT2D eigenvalue weighted by molar-refractivity contribution is 1.16. The zero-order valence-corrected chi connectivity index (χ0v) is 11.2. The van der Waals surface area contributed by atoms with Crippen molar-refractivity contribution in [3.63, 3.8) is 0 Å². The third kappa shape index (κ3) is 1.97. The molecule has 1 aromatic carbocycles. The molecule has 4 heteroatoms. The quantitative estimate of drug-likeness (QED) is 0.605. The molecule has 0 saturated carbocycles. The van der Waals surface area contributed by atoms with E-state index in [0.717, 1.165) is 27.9 Å². The van der Waals surface area contributed by atoms with Crippen LogP contribution in [-0.4, -0.2) is 19.9 Å². The molecule has 3 heterocycles. The summed E-state index contributed by atoms with van der Waals surface area (Å²) in [5, 5.41) is 1.12. The number of nitrogens with zero attached hydrogens (tertiary/aromatic N) is 3. The Bertz CT molecular complexity index is 882. The molecule has 0 amide bonds. The SMILES string of the molecule is c1ccc(-c2c(-c3ncccn3)[nH]c3ccccc23)nc1. The van der Waals surface area contributed by atoms with Crippen LogP contribution in [0.3, 0.4) is 0 Å². The second-order valence-corrected chi connectivity index (χ2v) is 4.71. The molecule has 0 atom stereocenters. The maximum atomic E-state index is 4.48. The van der Waals surface area contributed by atoms with Gasteiger partial charge in [0.1, 0.15) is 0 Å². The molecule has 0 radical (unpaired) electrons. The minimum atomic E-state index is 0.675. The van der Waals surface area contributed by atoms with Crippen molar-refractivity contribution in [2.45, 2.75) is 0 Å². The van der Waals surface area contributed by atoms with Crippen LogP contribution in [0.25, 0.3) is 33.7 Å². The van der Waals surface area contributed by atoms with Crippen molar-refractivity contribution in [1.82, 2.24) is 19.9 Å². The van der Waals surface area contributed by atoms with Gasteiger partial charge >= 0.3 is 0 Å². The normalized spacial score (nSPS) is 10.9. The summed E-state index contributed by atoms with van der Waals surface area (Å²) in [6.45, 7) is 0. The van der Waals surface area contributed by atoms with Crippen LogP contribution in [-0.2, 0) is 0 Å². The highest BCUT2D eigenvalue weighted by Gasteiger charge is 2.16. The first-order valence-corrected chi connectivity index (χ1v) is 6.73. The number of aromatic nitrogens is 4. The van der Waals surface area contributed by atoms with E-state index in [1.54, 1.807) is 18.6 Å². The zero-order valence-electron chi connectivity index (χ0n) is 11.2. The van der Waals surface area contributed by atoms with Crippen molar-refractivity contribution in [2.24, 2.45) is 0 Å². The Labute approximate surface area is 121 Å². The minimum absolute atomic E-state index is 0.675. The highest BCUT2D eigenvalue weighted by Crippen LogP contribution is 2.35. The first kappa shape index (κ1) is 11.8. The van der Waals surface area contributed by atoms with Crippen LogP contribution in [0.2, 0.25) is 0 Å². The van der Waals surface area contributed by atoms with Gasteiger partial charge in [-0.3, -0.25) is 4.98 Å². The van der Waals surface area contributed by atoms with Gasteiger partial charge in [-0.15, -0.1) is 0 Å². The maximum Gasteiger partial charge on any atom is 0.176 e. The molecular formula is C17H12N4. The largest absolute Gasteiger partial charge is 0.351 e. The molecule has 3 aromatic heterocycles. The standard InChI is InChI=1S/C17H12N4/c1-2-7-13-12(6-1)15(14-8-3-4-9-18-14)16(21-13)17-19-10-5-11-20-17/h1-11,21H. The monoisotopic (exact) mass is 272 g/mol. The summed E-state index contributed by atoms with van der Waals surface area (Å²) in [6, 6.07) is 15.9. The van der Waals surface area contributed by atoms with E-state index in [2.05, 4.69) is 26.0 Å². The second-order valence-electron chi connectivity index (χ2n) is 4.71. The van der Waals surface area contributed by atoms with Gasteiger partial charge in [-0.25, -0.2) is 9.97 Å². The van der Waals surface area contributed by atoms with Gasteiger partial charge in [-0.05, 0) is 24.3 Å². The maximum absolute atomic E-state index is 4.48. The van der Waals surface area contributed by atoms with Crippen molar-refractivity contribution in [3.8, 4) is 22.8 Å². The molecule has 0 saturated heterocycles. The van der Waals surface area contributed by atoms with Gasteiger partial charge in [0.2, 0.25) is 0 Å². The summed E-state index contributed by atoms with van der Waals surface area (Å²) in [7, 11) is 0. The Morgan fingerprint density at radius 2 is 1.48 bits per heavy atom. The summed E-state index contributed by atoms with van der Waals surface area (Å²) in [5.41, 5.74) is 3.91. The van der Waals surface area contributed by atoms with Crippen molar-refractivity contribution in [1.29, 1.82) is 0 Å². The molecule has 21 heavy (non-hydrogen) atoms. The fraction of sp³-hybridized carbons (Fsp3) is 0. The summed E-state index contributed by atoms with van der Waals surface area (Å²) in [6.07, 6.45) is 5.29. The van der Waals surface area contributed by atoms with E-state index in [1.165, 1.54) is 0 Å². The topological polar surface area (TPSA) is 54.5 Å². The van der Waals surface area contributed by atoms with Gasteiger partial charge in [-0.2, -0.15) is 0 Å². The Kier molecular flexibility index (Phi) is 2.71. The van der Waals surface area contributed by atoms with Crippen molar-refractivity contribution in [2.75, 3.05) is 0 Å². The van der Waals surface area contributed by atoms with Gasteiger partial charge < -0.3 is 4.98 Å². The predicted molar refractivity (Wildman–Crippen MR) is 82.6 cm³/mol. The van der Waals surface area contributed by atoms with Crippen LogP contribution in [0, 0.1) is 0 Å². The number of rotatable bonds is 2. The lowest BCUT2D eigenvalue weighted by Crippen LogP contribution is -1.90. The highest BCUT2D eigenvalue weighted by molar-refractivity contribution is 6.01. The fourth-order valence-electron chi connectivity index (χ4n) is 2.51. The van der Waals surface area contributed by atoms with E-state index in [4.69, 9.17) is 0 Å². The summed E-state index contributed by atoms with van der Waals surface area (Å²) in [5.74, 6) is 0.675. The third-order valence-corrected chi connectivity index (χ3v) is 3.42. The lowest BCUT2D eigenvalue weighted by atomic mass is 10.1. The third-order valence-electron chi connectivity index (χ3n) is 3.42. The first-order chi connectivity index (χ1) is 10.4. The molecule has 0 fully saturated rings. The van der Waals surface area contributed by atoms with E-state index in [9.17, 15) is 0 Å². The Hall–Kier alpha value is -3.01. The molecule has 0 aliphatic carbocycles. The van der Waals surface area contributed by atoms with Crippen LogP contribution in [0.1, 0.15) is 0 Å². The van der Waals surface area contributed by atoms with Crippen molar-refractivity contribution < 1.29 is 0 Å². The number of hydrogen-bond donors (Lipinski definition) is 1. The molecule has 0 spiro atoms. The molecule has 100 valence electrons. The van der Waals surface area contributed by atoms with E-state index < -0.39 is 0 Å². The van der Waals surface area contributed by atoms with Gasteiger partial charge in [0.25, 0.3) is 0 Å². The number of aromatic amines is 1. The number of benzene rings is 1. The summed E-state index contributed by atoms with van der Waals surface area (Å²) < 4.78 is 0. The number of nitrogens with one attached hydrogen (secondary N) is 1. The smallest absolute Gasteiger partial charge is 0.176 e. The number of H-pyrrole nitrogens is 1. The fourth-order valence-corrected chi connectivity index (χ4v) is 2.51. The minimum Gasteiger partial charge on any atom is -0.351 e. The van der Waals surface area contributed by atoms with Gasteiger partial charge in [-0.1, -0.05) is 24.3 Å². The molecule has 4 aromatic rings. The first-order valence-electron chi connectivity index (χ1n) is 6.73. The van der Waals surface area contributed by atoms with Crippen LogP contribution in [0.15, 0.2) is 67.1 Å². The molecule has 0 aliphatic heterocycles. The number of hydrogen-bond acceptors (Lipinski definition) is 3. The van der Waals surface area contributed by atoms with Crippen molar-refractivity contribution >= 4 is 10.9 Å². The number of fused-ring (bicyclic) bond motifs is 1. The molecule has 1 N–H and O–H groups in total. The van der Waals surface area contributed by atoms with E-state index in [0.29, 0.717) is 5.82 Å². The molecule has 4 nitrogen and oxygen atoms in total. The average molecular weight is 272 g/mol. The summed E-state index contributed by atoms with van der Waals surface area (Å²) in [4.78, 5) is 16.6. The second kappa shape index (κ2) is 4.83. The van der Waals surface area contributed by atoms with Crippen molar-refractivity contribution in [3.05, 3.63) is 67.1 Å². The van der Waals surface area contributed by atoms with Crippen LogP contribution < -0.4 is 0 Å². The van der Waals surface area contributed by atoms with E-state index in [1.807, 2.05) is 42.5 Å². The highest BCUT2D eigenvalue weighted by atomic mass is 14.9. The Morgan fingerprint density at radius 3 is 2.29 bits per heavy atom. The average Bonchev–Trinajstić information content (AvgIpc) is 2.96. The Morgan fingerprint density at radius 1 is 0.714 bits per heavy atom. The molecule has 0 aliphatic rings. The molecular weight excluding hydrogens is 260 g/mol. The molecule has 4 rings (SSSR count). The molecule has 0 unspecified atom stereocenters. The lowest BCUT2D eigenvalue weighted by Gasteiger charge is -2.03. The Balaban J connectivity index is 2.07. The molecule has 0 bridgehead atoms. The zero-order chi connectivity index (χ0) is 14.1.